The lowest BCUT2D eigenvalue weighted by atomic mass is 10.1. The van der Waals surface area contributed by atoms with Crippen LogP contribution in [0.5, 0.6) is 5.75 Å². The first-order chi connectivity index (χ1) is 10.1. The third-order valence-electron chi connectivity index (χ3n) is 2.49. The Morgan fingerprint density at radius 1 is 1.52 bits per heavy atom. The van der Waals surface area contributed by atoms with Gasteiger partial charge in [0.15, 0.2) is 0 Å². The Hall–Kier alpha value is -0.980. The van der Waals surface area contributed by atoms with Crippen molar-refractivity contribution >= 4 is 55.0 Å². The molecule has 0 aromatic heterocycles. The van der Waals surface area contributed by atoms with E-state index in [-0.39, 0.29) is 5.12 Å². The summed E-state index contributed by atoms with van der Waals surface area (Å²) in [4.78, 5) is 16.4. The SMILES string of the molecule is C=CCSC1=N/C(=C\c2cc(Br)ccc2OCC)C(=O)S1. The van der Waals surface area contributed by atoms with Crippen molar-refractivity contribution < 1.29 is 9.53 Å². The summed E-state index contributed by atoms with van der Waals surface area (Å²) in [5, 5.41) is -0.0380. The number of ether oxygens (including phenoxy) is 1. The number of halogens is 1. The van der Waals surface area contributed by atoms with Gasteiger partial charge in [0.05, 0.1) is 6.61 Å². The first-order valence-corrected chi connectivity index (χ1v) is 8.92. The van der Waals surface area contributed by atoms with E-state index in [1.54, 1.807) is 12.2 Å². The zero-order chi connectivity index (χ0) is 15.2. The van der Waals surface area contributed by atoms with Crippen LogP contribution in [0.1, 0.15) is 12.5 Å². The van der Waals surface area contributed by atoms with Crippen molar-refractivity contribution in [3.63, 3.8) is 0 Å². The minimum atomic E-state index is -0.0380. The van der Waals surface area contributed by atoms with Crippen LogP contribution < -0.4 is 4.74 Å². The molecule has 0 amide bonds. The minimum Gasteiger partial charge on any atom is -0.493 e. The summed E-state index contributed by atoms with van der Waals surface area (Å²) in [6.45, 7) is 6.16. The van der Waals surface area contributed by atoms with Crippen LogP contribution in [0.25, 0.3) is 6.08 Å². The number of rotatable bonds is 5. The lowest BCUT2D eigenvalue weighted by Crippen LogP contribution is -1.95. The van der Waals surface area contributed by atoms with Gasteiger partial charge in [-0.2, -0.15) is 0 Å². The van der Waals surface area contributed by atoms with Gasteiger partial charge < -0.3 is 4.74 Å². The van der Waals surface area contributed by atoms with Gasteiger partial charge in [-0.05, 0) is 43.0 Å². The van der Waals surface area contributed by atoms with Gasteiger partial charge >= 0.3 is 0 Å². The van der Waals surface area contributed by atoms with Crippen molar-refractivity contribution in [3.8, 4) is 5.75 Å². The van der Waals surface area contributed by atoms with Crippen LogP contribution in [0, 0.1) is 0 Å². The zero-order valence-corrected chi connectivity index (χ0v) is 14.7. The number of aliphatic imine (C=N–C) groups is 1. The van der Waals surface area contributed by atoms with Crippen LogP contribution in [0.15, 0.2) is 46.0 Å². The first kappa shape index (κ1) is 16.4. The van der Waals surface area contributed by atoms with Crippen LogP contribution in [0.4, 0.5) is 0 Å². The van der Waals surface area contributed by atoms with E-state index in [1.807, 2.05) is 25.1 Å². The van der Waals surface area contributed by atoms with E-state index in [4.69, 9.17) is 4.74 Å². The smallest absolute Gasteiger partial charge is 0.244 e. The summed E-state index contributed by atoms with van der Waals surface area (Å²) in [5.74, 6) is 1.49. The van der Waals surface area contributed by atoms with Crippen LogP contribution in [0.3, 0.4) is 0 Å². The maximum absolute atomic E-state index is 12.0. The predicted octanol–water partition coefficient (Wildman–Crippen LogP) is 4.74. The van der Waals surface area contributed by atoms with Crippen molar-refractivity contribution in [3.05, 3.63) is 46.6 Å². The molecule has 6 heteroatoms. The van der Waals surface area contributed by atoms with Crippen molar-refractivity contribution in [2.45, 2.75) is 6.92 Å². The molecule has 1 aromatic carbocycles. The second kappa shape index (κ2) is 7.87. The molecule has 0 radical (unpaired) electrons. The molecule has 0 spiro atoms. The number of hydrogen-bond donors (Lipinski definition) is 0. The Balaban J connectivity index is 2.30. The van der Waals surface area contributed by atoms with E-state index >= 15 is 0 Å². The third kappa shape index (κ3) is 4.49. The molecule has 110 valence electrons. The van der Waals surface area contributed by atoms with Crippen molar-refractivity contribution in [2.75, 3.05) is 12.4 Å². The highest BCUT2D eigenvalue weighted by molar-refractivity contribution is 9.10. The molecule has 1 aromatic rings. The van der Waals surface area contributed by atoms with E-state index in [1.165, 1.54) is 11.8 Å². The summed E-state index contributed by atoms with van der Waals surface area (Å²) in [6.07, 6.45) is 3.56. The summed E-state index contributed by atoms with van der Waals surface area (Å²) < 4.78 is 7.27. The Morgan fingerprint density at radius 3 is 3.05 bits per heavy atom. The molecule has 21 heavy (non-hydrogen) atoms. The number of carbonyl (C=O) groups excluding carboxylic acids is 1. The normalized spacial score (nSPS) is 16.2. The van der Waals surface area contributed by atoms with Crippen molar-refractivity contribution in [1.82, 2.24) is 0 Å². The fourth-order valence-electron chi connectivity index (χ4n) is 1.65. The lowest BCUT2D eigenvalue weighted by molar-refractivity contribution is -0.107. The van der Waals surface area contributed by atoms with E-state index in [0.717, 1.165) is 37.7 Å². The number of carbonyl (C=O) groups is 1. The third-order valence-corrected chi connectivity index (χ3v) is 4.99. The number of thioether (sulfide) groups is 2. The average Bonchev–Trinajstić information content (AvgIpc) is 2.80. The first-order valence-electron chi connectivity index (χ1n) is 6.32. The van der Waals surface area contributed by atoms with Crippen LogP contribution in [-0.4, -0.2) is 21.9 Å². The van der Waals surface area contributed by atoms with Gasteiger partial charge in [0.2, 0.25) is 5.12 Å². The van der Waals surface area contributed by atoms with Crippen LogP contribution in [0.2, 0.25) is 0 Å². The summed E-state index contributed by atoms with van der Waals surface area (Å²) in [7, 11) is 0. The van der Waals surface area contributed by atoms with E-state index in [0.29, 0.717) is 12.3 Å². The molecule has 1 aliphatic rings. The maximum Gasteiger partial charge on any atom is 0.244 e. The number of benzene rings is 1. The highest BCUT2D eigenvalue weighted by Gasteiger charge is 2.22. The molecule has 3 nitrogen and oxygen atoms in total. The highest BCUT2D eigenvalue weighted by atomic mass is 79.9. The largest absolute Gasteiger partial charge is 0.493 e. The topological polar surface area (TPSA) is 38.7 Å². The second-order valence-electron chi connectivity index (χ2n) is 4.01. The molecule has 0 saturated heterocycles. The molecule has 0 N–H and O–H groups in total. The van der Waals surface area contributed by atoms with E-state index in [2.05, 4.69) is 27.5 Å². The second-order valence-corrected chi connectivity index (χ2v) is 7.16. The summed E-state index contributed by atoms with van der Waals surface area (Å²) in [5.41, 5.74) is 1.29. The Labute approximate surface area is 141 Å². The van der Waals surface area contributed by atoms with Gasteiger partial charge in [-0.25, -0.2) is 4.99 Å². The standard InChI is InChI=1S/C15H14BrNO2S2/c1-3-7-20-15-17-12(14(18)21-15)9-10-8-11(16)5-6-13(10)19-4-2/h3,5-6,8-9H,1,4,7H2,2H3/b12-9-. The monoisotopic (exact) mass is 383 g/mol. The molecule has 2 rings (SSSR count). The molecule has 0 atom stereocenters. The van der Waals surface area contributed by atoms with Crippen LogP contribution in [-0.2, 0) is 4.79 Å². The van der Waals surface area contributed by atoms with E-state index in [9.17, 15) is 4.79 Å². The molecule has 1 aliphatic heterocycles. The van der Waals surface area contributed by atoms with Gasteiger partial charge in [-0.1, -0.05) is 33.8 Å². The van der Waals surface area contributed by atoms with Crippen molar-refractivity contribution in [2.24, 2.45) is 4.99 Å². The number of hydrogen-bond acceptors (Lipinski definition) is 5. The molecule has 0 saturated carbocycles. The number of nitrogens with zero attached hydrogens (tertiary/aromatic N) is 1. The fraction of sp³-hybridized carbons (Fsp3) is 0.200. The van der Waals surface area contributed by atoms with E-state index < -0.39 is 0 Å². The quantitative estimate of drug-likeness (QED) is 0.543. The Bertz CT molecular complexity index is 626. The summed E-state index contributed by atoms with van der Waals surface area (Å²) >= 11 is 6.11. The molecule has 1 heterocycles. The lowest BCUT2D eigenvalue weighted by Gasteiger charge is -2.07. The van der Waals surface area contributed by atoms with Gasteiger partial charge in [-0.3, -0.25) is 4.79 Å². The van der Waals surface area contributed by atoms with Gasteiger partial charge in [0.25, 0.3) is 0 Å². The zero-order valence-electron chi connectivity index (χ0n) is 11.5. The molecular formula is C15H14BrNO2S2. The fourth-order valence-corrected chi connectivity index (χ4v) is 3.63. The molecule has 0 aliphatic carbocycles. The molecule has 0 unspecified atom stereocenters. The van der Waals surface area contributed by atoms with Crippen LogP contribution >= 0.6 is 39.5 Å². The Morgan fingerprint density at radius 2 is 2.33 bits per heavy atom. The molecular weight excluding hydrogens is 370 g/mol. The highest BCUT2D eigenvalue weighted by Crippen LogP contribution is 2.33. The summed E-state index contributed by atoms with van der Waals surface area (Å²) in [6, 6.07) is 5.71. The average molecular weight is 384 g/mol. The molecule has 0 bridgehead atoms. The van der Waals surface area contributed by atoms with Crippen molar-refractivity contribution in [1.29, 1.82) is 0 Å². The van der Waals surface area contributed by atoms with Gasteiger partial charge in [0.1, 0.15) is 15.8 Å². The predicted molar refractivity (Wildman–Crippen MR) is 96.0 cm³/mol. The maximum atomic E-state index is 12.0. The Kier molecular flexibility index (Phi) is 6.14. The molecule has 0 fully saturated rings. The van der Waals surface area contributed by atoms with Gasteiger partial charge in [0, 0.05) is 15.8 Å². The van der Waals surface area contributed by atoms with Gasteiger partial charge in [-0.15, -0.1) is 6.58 Å². The minimum absolute atomic E-state index is 0.0380.